The molecule has 4 heteroatoms. The highest BCUT2D eigenvalue weighted by Gasteiger charge is 2.06. The molecule has 0 bridgehead atoms. The van der Waals surface area contributed by atoms with Gasteiger partial charge in [0.2, 0.25) is 0 Å². The van der Waals surface area contributed by atoms with E-state index >= 15 is 0 Å². The molecular weight excluding hydrogens is 272 g/mol. The number of hydrogen-bond donors (Lipinski definition) is 2. The van der Waals surface area contributed by atoms with Gasteiger partial charge in [0, 0.05) is 28.9 Å². The first-order chi connectivity index (χ1) is 9.28. The van der Waals surface area contributed by atoms with Crippen LogP contribution < -0.4 is 10.6 Å². The van der Waals surface area contributed by atoms with E-state index in [-0.39, 0.29) is 0 Å². The van der Waals surface area contributed by atoms with Gasteiger partial charge in [0.25, 0.3) is 0 Å². The molecule has 0 aliphatic carbocycles. The SMILES string of the molecule is CCNCc1csc(CC(C)NCc2cccs2)c1. The lowest BCUT2D eigenvalue weighted by Gasteiger charge is -2.11. The fourth-order valence-electron chi connectivity index (χ4n) is 1.96. The molecule has 1 atom stereocenters. The Morgan fingerprint density at radius 3 is 2.84 bits per heavy atom. The third-order valence-corrected chi connectivity index (χ3v) is 4.88. The van der Waals surface area contributed by atoms with Crippen molar-refractivity contribution in [3.05, 3.63) is 44.3 Å². The monoisotopic (exact) mass is 294 g/mol. The van der Waals surface area contributed by atoms with Gasteiger partial charge in [-0.05, 0) is 48.3 Å². The van der Waals surface area contributed by atoms with Crippen LogP contribution in [0.3, 0.4) is 0 Å². The normalized spacial score (nSPS) is 12.7. The van der Waals surface area contributed by atoms with Crippen molar-refractivity contribution < 1.29 is 0 Å². The molecule has 0 amide bonds. The lowest BCUT2D eigenvalue weighted by atomic mass is 10.2. The van der Waals surface area contributed by atoms with Crippen LogP contribution in [-0.4, -0.2) is 12.6 Å². The van der Waals surface area contributed by atoms with Crippen LogP contribution in [-0.2, 0) is 19.5 Å². The Kier molecular flexibility index (Phi) is 6.04. The molecule has 2 heterocycles. The third-order valence-electron chi connectivity index (χ3n) is 3.00. The van der Waals surface area contributed by atoms with Crippen LogP contribution in [0.2, 0.25) is 0 Å². The highest BCUT2D eigenvalue weighted by atomic mass is 32.1. The molecule has 0 aliphatic heterocycles. The molecule has 0 radical (unpaired) electrons. The third kappa shape index (κ3) is 5.07. The molecule has 0 aromatic carbocycles. The van der Waals surface area contributed by atoms with E-state index < -0.39 is 0 Å². The summed E-state index contributed by atoms with van der Waals surface area (Å²) in [6.07, 6.45) is 1.11. The molecule has 2 rings (SSSR count). The van der Waals surface area contributed by atoms with E-state index in [0.29, 0.717) is 6.04 Å². The molecule has 2 nitrogen and oxygen atoms in total. The van der Waals surface area contributed by atoms with Gasteiger partial charge in [0.1, 0.15) is 0 Å². The van der Waals surface area contributed by atoms with Gasteiger partial charge in [-0.1, -0.05) is 13.0 Å². The zero-order chi connectivity index (χ0) is 13.5. The topological polar surface area (TPSA) is 24.1 Å². The average molecular weight is 294 g/mol. The van der Waals surface area contributed by atoms with Crippen molar-refractivity contribution >= 4 is 22.7 Å². The second-order valence-electron chi connectivity index (χ2n) is 4.77. The number of hydrogen-bond acceptors (Lipinski definition) is 4. The van der Waals surface area contributed by atoms with Crippen molar-refractivity contribution in [2.75, 3.05) is 6.54 Å². The van der Waals surface area contributed by atoms with Crippen molar-refractivity contribution in [1.29, 1.82) is 0 Å². The van der Waals surface area contributed by atoms with Crippen molar-refractivity contribution in [3.63, 3.8) is 0 Å². The first-order valence-corrected chi connectivity index (χ1v) is 8.56. The molecule has 0 aliphatic rings. The summed E-state index contributed by atoms with van der Waals surface area (Å²) in [6, 6.07) is 7.15. The molecule has 2 aromatic heterocycles. The summed E-state index contributed by atoms with van der Waals surface area (Å²) in [5.74, 6) is 0. The summed E-state index contributed by atoms with van der Waals surface area (Å²) in [4.78, 5) is 2.88. The minimum absolute atomic E-state index is 0.521. The minimum atomic E-state index is 0.521. The van der Waals surface area contributed by atoms with E-state index in [1.807, 2.05) is 22.7 Å². The first kappa shape index (κ1) is 14.7. The van der Waals surface area contributed by atoms with E-state index in [9.17, 15) is 0 Å². The minimum Gasteiger partial charge on any atom is -0.313 e. The van der Waals surface area contributed by atoms with Crippen molar-refractivity contribution in [2.45, 2.75) is 39.4 Å². The largest absolute Gasteiger partial charge is 0.313 e. The zero-order valence-corrected chi connectivity index (χ0v) is 13.2. The summed E-state index contributed by atoms with van der Waals surface area (Å²) >= 11 is 3.69. The predicted molar refractivity (Wildman–Crippen MR) is 86.0 cm³/mol. The molecule has 1 unspecified atom stereocenters. The van der Waals surface area contributed by atoms with Gasteiger partial charge in [0.05, 0.1) is 0 Å². The van der Waals surface area contributed by atoms with Gasteiger partial charge in [-0.25, -0.2) is 0 Å². The quantitative estimate of drug-likeness (QED) is 0.777. The smallest absolute Gasteiger partial charge is 0.0302 e. The molecule has 19 heavy (non-hydrogen) atoms. The van der Waals surface area contributed by atoms with Crippen LogP contribution in [0.4, 0.5) is 0 Å². The van der Waals surface area contributed by atoms with Crippen LogP contribution in [0, 0.1) is 0 Å². The highest BCUT2D eigenvalue weighted by Crippen LogP contribution is 2.17. The van der Waals surface area contributed by atoms with Gasteiger partial charge < -0.3 is 10.6 Å². The van der Waals surface area contributed by atoms with Gasteiger partial charge in [-0.3, -0.25) is 0 Å². The summed E-state index contributed by atoms with van der Waals surface area (Å²) in [5.41, 5.74) is 1.41. The summed E-state index contributed by atoms with van der Waals surface area (Å²) in [5, 5.41) is 11.4. The van der Waals surface area contributed by atoms with E-state index in [4.69, 9.17) is 0 Å². The Morgan fingerprint density at radius 1 is 1.21 bits per heavy atom. The molecule has 2 aromatic rings. The lowest BCUT2D eigenvalue weighted by molar-refractivity contribution is 0.552. The summed E-state index contributed by atoms with van der Waals surface area (Å²) < 4.78 is 0. The molecule has 0 spiro atoms. The molecule has 104 valence electrons. The molecule has 0 saturated heterocycles. The van der Waals surface area contributed by atoms with Crippen LogP contribution in [0.5, 0.6) is 0 Å². The Hall–Kier alpha value is -0.680. The molecule has 0 saturated carbocycles. The van der Waals surface area contributed by atoms with Crippen LogP contribution in [0.25, 0.3) is 0 Å². The molecule has 2 N–H and O–H groups in total. The fourth-order valence-corrected chi connectivity index (χ4v) is 3.63. The highest BCUT2D eigenvalue weighted by molar-refractivity contribution is 7.10. The van der Waals surface area contributed by atoms with Gasteiger partial charge in [-0.2, -0.15) is 0 Å². The maximum absolute atomic E-state index is 3.59. The predicted octanol–water partition coefficient (Wildman–Crippen LogP) is 3.64. The second kappa shape index (κ2) is 7.80. The Labute approximate surface area is 123 Å². The standard InChI is InChI=1S/C15H22N2S2/c1-3-16-9-13-8-15(19-11-13)7-12(2)17-10-14-5-4-6-18-14/h4-6,8,11-12,16-17H,3,7,9-10H2,1-2H3. The molecule has 0 fully saturated rings. The van der Waals surface area contributed by atoms with Crippen LogP contribution in [0.1, 0.15) is 29.2 Å². The zero-order valence-electron chi connectivity index (χ0n) is 11.6. The Morgan fingerprint density at radius 2 is 2.11 bits per heavy atom. The van der Waals surface area contributed by atoms with Crippen molar-refractivity contribution in [2.24, 2.45) is 0 Å². The van der Waals surface area contributed by atoms with Gasteiger partial charge in [-0.15, -0.1) is 22.7 Å². The van der Waals surface area contributed by atoms with Gasteiger partial charge in [0.15, 0.2) is 0 Å². The van der Waals surface area contributed by atoms with E-state index in [0.717, 1.165) is 26.1 Å². The maximum atomic E-state index is 3.59. The molecular formula is C15H22N2S2. The number of nitrogens with one attached hydrogen (secondary N) is 2. The van der Waals surface area contributed by atoms with E-state index in [1.165, 1.54) is 15.3 Å². The summed E-state index contributed by atoms with van der Waals surface area (Å²) in [6.45, 7) is 7.41. The average Bonchev–Trinajstić information content (AvgIpc) is 3.05. The maximum Gasteiger partial charge on any atom is 0.0302 e. The number of rotatable bonds is 8. The van der Waals surface area contributed by atoms with Crippen LogP contribution in [0.15, 0.2) is 29.0 Å². The summed E-state index contributed by atoms with van der Waals surface area (Å²) in [7, 11) is 0. The fraction of sp³-hybridized carbons (Fsp3) is 0.467. The first-order valence-electron chi connectivity index (χ1n) is 6.80. The second-order valence-corrected chi connectivity index (χ2v) is 6.80. The van der Waals surface area contributed by atoms with Crippen LogP contribution >= 0.6 is 22.7 Å². The van der Waals surface area contributed by atoms with E-state index in [1.54, 1.807) is 0 Å². The van der Waals surface area contributed by atoms with Gasteiger partial charge >= 0.3 is 0 Å². The Balaban J connectivity index is 1.75. The number of thiophene rings is 2. The van der Waals surface area contributed by atoms with Crippen molar-refractivity contribution in [3.8, 4) is 0 Å². The van der Waals surface area contributed by atoms with Crippen molar-refractivity contribution in [1.82, 2.24) is 10.6 Å². The lowest BCUT2D eigenvalue weighted by Crippen LogP contribution is -2.26. The van der Waals surface area contributed by atoms with E-state index in [2.05, 4.69) is 53.4 Å². The Bertz CT molecular complexity index is 462.